The molecule has 0 atom stereocenters. The molecule has 3 aromatic rings. The molecule has 1 aromatic carbocycles. The minimum Gasteiger partial charge on any atom is -0.497 e. The second-order valence-corrected chi connectivity index (χ2v) is 4.77. The number of ether oxygens (including phenoxy) is 1. The highest BCUT2D eigenvalue weighted by Crippen LogP contribution is 2.16. The van der Waals surface area contributed by atoms with E-state index in [1.165, 1.54) is 11.3 Å². The van der Waals surface area contributed by atoms with Gasteiger partial charge in [0.25, 0.3) is 5.91 Å². The molecule has 0 aliphatic heterocycles. The lowest BCUT2D eigenvalue weighted by molar-refractivity contribution is 0.102. The van der Waals surface area contributed by atoms with Crippen LogP contribution in [0.25, 0.3) is 4.96 Å². The predicted octanol–water partition coefficient (Wildman–Crippen LogP) is 2.66. The summed E-state index contributed by atoms with van der Waals surface area (Å²) in [6.45, 7) is 0. The predicted molar refractivity (Wildman–Crippen MR) is 74.0 cm³/mol. The van der Waals surface area contributed by atoms with E-state index in [2.05, 4.69) is 10.3 Å². The van der Waals surface area contributed by atoms with Crippen molar-refractivity contribution in [2.45, 2.75) is 0 Å². The smallest absolute Gasteiger partial charge is 0.275 e. The summed E-state index contributed by atoms with van der Waals surface area (Å²) in [4.78, 5) is 17.1. The maximum Gasteiger partial charge on any atom is 0.275 e. The minimum atomic E-state index is -0.221. The van der Waals surface area contributed by atoms with Crippen LogP contribution in [0.2, 0.25) is 0 Å². The second kappa shape index (κ2) is 4.74. The van der Waals surface area contributed by atoms with Crippen LogP contribution in [0.3, 0.4) is 0 Å². The molecule has 0 unspecified atom stereocenters. The Bertz CT molecular complexity index is 686. The Morgan fingerprint density at radius 3 is 2.84 bits per heavy atom. The maximum atomic E-state index is 12.0. The quantitative estimate of drug-likeness (QED) is 0.798. The molecule has 0 bridgehead atoms. The van der Waals surface area contributed by atoms with Crippen molar-refractivity contribution >= 4 is 27.9 Å². The van der Waals surface area contributed by atoms with Gasteiger partial charge in [-0.25, -0.2) is 4.98 Å². The number of fused-ring (bicyclic) bond motifs is 1. The Morgan fingerprint density at radius 2 is 2.16 bits per heavy atom. The Kier molecular flexibility index (Phi) is 2.92. The van der Waals surface area contributed by atoms with E-state index >= 15 is 0 Å². The molecule has 0 radical (unpaired) electrons. The van der Waals surface area contributed by atoms with Crippen LogP contribution < -0.4 is 10.1 Å². The van der Waals surface area contributed by atoms with Gasteiger partial charge in [0.15, 0.2) is 4.96 Å². The van der Waals surface area contributed by atoms with Gasteiger partial charge in [-0.15, -0.1) is 11.3 Å². The number of hydrogen-bond donors (Lipinski definition) is 1. The third-order valence-electron chi connectivity index (χ3n) is 2.67. The maximum absolute atomic E-state index is 12.0. The van der Waals surface area contributed by atoms with Crippen molar-refractivity contribution in [3.8, 4) is 5.75 Å². The molecule has 0 spiro atoms. The SMILES string of the molecule is COc1ccc(NC(=O)c2cn3ccsc3n2)cc1. The first-order valence-electron chi connectivity index (χ1n) is 5.64. The first-order chi connectivity index (χ1) is 9.26. The second-order valence-electron chi connectivity index (χ2n) is 3.90. The Morgan fingerprint density at radius 1 is 1.37 bits per heavy atom. The van der Waals surface area contributed by atoms with E-state index in [1.54, 1.807) is 37.6 Å². The summed E-state index contributed by atoms with van der Waals surface area (Å²) in [7, 11) is 1.60. The lowest BCUT2D eigenvalue weighted by Crippen LogP contribution is -2.12. The summed E-state index contributed by atoms with van der Waals surface area (Å²) in [5, 5.41) is 4.72. The van der Waals surface area contributed by atoms with E-state index in [0.717, 1.165) is 10.7 Å². The topological polar surface area (TPSA) is 55.6 Å². The molecule has 19 heavy (non-hydrogen) atoms. The number of benzene rings is 1. The van der Waals surface area contributed by atoms with Crippen LogP contribution in [-0.2, 0) is 0 Å². The summed E-state index contributed by atoms with van der Waals surface area (Å²) in [6.07, 6.45) is 3.59. The standard InChI is InChI=1S/C13H11N3O2S/c1-18-10-4-2-9(3-5-10)14-12(17)11-8-16-6-7-19-13(16)15-11/h2-8H,1H3,(H,14,17). The summed E-state index contributed by atoms with van der Waals surface area (Å²) >= 11 is 1.49. The molecule has 2 aromatic heterocycles. The molecule has 96 valence electrons. The van der Waals surface area contributed by atoms with Crippen molar-refractivity contribution in [2.24, 2.45) is 0 Å². The van der Waals surface area contributed by atoms with Crippen molar-refractivity contribution in [3.63, 3.8) is 0 Å². The molecule has 2 heterocycles. The molecule has 5 nitrogen and oxygen atoms in total. The van der Waals surface area contributed by atoms with E-state index in [1.807, 2.05) is 16.0 Å². The van der Waals surface area contributed by atoms with Crippen LogP contribution >= 0.6 is 11.3 Å². The third kappa shape index (κ3) is 2.30. The van der Waals surface area contributed by atoms with Crippen molar-refractivity contribution in [3.05, 3.63) is 47.7 Å². The zero-order valence-corrected chi connectivity index (χ0v) is 11.0. The first-order valence-corrected chi connectivity index (χ1v) is 6.52. The summed E-state index contributed by atoms with van der Waals surface area (Å²) in [6, 6.07) is 7.16. The van der Waals surface area contributed by atoms with Gasteiger partial charge in [-0.05, 0) is 24.3 Å². The average molecular weight is 273 g/mol. The molecule has 1 N–H and O–H groups in total. The Hall–Kier alpha value is -2.34. The zero-order valence-electron chi connectivity index (χ0n) is 10.2. The highest BCUT2D eigenvalue weighted by atomic mass is 32.1. The lowest BCUT2D eigenvalue weighted by atomic mass is 10.3. The fraction of sp³-hybridized carbons (Fsp3) is 0.0769. The fourth-order valence-corrected chi connectivity index (χ4v) is 2.41. The minimum absolute atomic E-state index is 0.221. The van der Waals surface area contributed by atoms with Gasteiger partial charge in [0, 0.05) is 23.5 Å². The van der Waals surface area contributed by atoms with Gasteiger partial charge in [-0.1, -0.05) is 0 Å². The monoisotopic (exact) mass is 273 g/mol. The van der Waals surface area contributed by atoms with Crippen LogP contribution in [-0.4, -0.2) is 22.4 Å². The van der Waals surface area contributed by atoms with Gasteiger partial charge < -0.3 is 10.1 Å². The van der Waals surface area contributed by atoms with Gasteiger partial charge >= 0.3 is 0 Å². The molecular formula is C13H11N3O2S. The van der Waals surface area contributed by atoms with Crippen molar-refractivity contribution < 1.29 is 9.53 Å². The van der Waals surface area contributed by atoms with Crippen LogP contribution in [0.1, 0.15) is 10.5 Å². The van der Waals surface area contributed by atoms with Gasteiger partial charge in [-0.2, -0.15) is 0 Å². The summed E-state index contributed by atoms with van der Waals surface area (Å²) in [5.41, 5.74) is 1.12. The molecule has 0 fully saturated rings. The number of nitrogens with zero attached hydrogens (tertiary/aromatic N) is 2. The Balaban J connectivity index is 1.78. The van der Waals surface area contributed by atoms with E-state index in [4.69, 9.17) is 4.74 Å². The highest BCUT2D eigenvalue weighted by Gasteiger charge is 2.11. The molecular weight excluding hydrogens is 262 g/mol. The fourth-order valence-electron chi connectivity index (χ4n) is 1.71. The molecule has 0 saturated carbocycles. The number of aromatic nitrogens is 2. The largest absolute Gasteiger partial charge is 0.497 e. The lowest BCUT2D eigenvalue weighted by Gasteiger charge is -2.04. The highest BCUT2D eigenvalue weighted by molar-refractivity contribution is 7.15. The van der Waals surface area contributed by atoms with Gasteiger partial charge in [0.2, 0.25) is 0 Å². The zero-order chi connectivity index (χ0) is 13.2. The Labute approximate surface area is 113 Å². The van der Waals surface area contributed by atoms with Gasteiger partial charge in [0.05, 0.1) is 7.11 Å². The number of carbonyl (C=O) groups excluding carboxylic acids is 1. The number of imidazole rings is 1. The number of rotatable bonds is 3. The number of amides is 1. The number of nitrogens with one attached hydrogen (secondary N) is 1. The molecule has 1 amide bonds. The molecule has 0 saturated heterocycles. The van der Waals surface area contributed by atoms with Gasteiger partial charge in [-0.3, -0.25) is 9.20 Å². The molecule has 0 aliphatic carbocycles. The van der Waals surface area contributed by atoms with Crippen molar-refractivity contribution in [1.82, 2.24) is 9.38 Å². The molecule has 0 aliphatic rings. The summed E-state index contributed by atoms with van der Waals surface area (Å²) < 4.78 is 6.89. The van der Waals surface area contributed by atoms with E-state index in [9.17, 15) is 4.79 Å². The number of thiazole rings is 1. The normalized spacial score (nSPS) is 10.6. The van der Waals surface area contributed by atoms with Crippen LogP contribution in [0.4, 0.5) is 5.69 Å². The van der Waals surface area contributed by atoms with E-state index in [0.29, 0.717) is 11.4 Å². The number of methoxy groups -OCH3 is 1. The van der Waals surface area contributed by atoms with Crippen molar-refractivity contribution in [2.75, 3.05) is 12.4 Å². The van der Waals surface area contributed by atoms with Crippen LogP contribution in [0.5, 0.6) is 5.75 Å². The van der Waals surface area contributed by atoms with Gasteiger partial charge in [0.1, 0.15) is 11.4 Å². The van der Waals surface area contributed by atoms with Crippen LogP contribution in [0, 0.1) is 0 Å². The molecule has 6 heteroatoms. The average Bonchev–Trinajstić information content (AvgIpc) is 3.00. The van der Waals surface area contributed by atoms with E-state index in [-0.39, 0.29) is 5.91 Å². The third-order valence-corrected chi connectivity index (χ3v) is 3.44. The van der Waals surface area contributed by atoms with E-state index < -0.39 is 0 Å². The van der Waals surface area contributed by atoms with Crippen LogP contribution in [0.15, 0.2) is 42.0 Å². The number of anilines is 1. The molecule has 3 rings (SSSR count). The summed E-state index contributed by atoms with van der Waals surface area (Å²) in [5.74, 6) is 0.529. The van der Waals surface area contributed by atoms with Crippen molar-refractivity contribution in [1.29, 1.82) is 0 Å². The first kappa shape index (κ1) is 11.7. The number of carbonyl (C=O) groups is 1. The number of hydrogen-bond acceptors (Lipinski definition) is 4.